The van der Waals surface area contributed by atoms with Gasteiger partial charge in [0.05, 0.1) is 43.9 Å². The van der Waals surface area contributed by atoms with E-state index >= 15 is 0 Å². The van der Waals surface area contributed by atoms with Crippen LogP contribution >= 0.6 is 0 Å². The molecule has 6 heteroatoms. The standard InChI is InChI=1S/C61H40N2O.C52H30N2O/c1-61(2)51-23-10-8-18-45(51)46-35-34-42(36-52(46)61)62(39-14-4-3-5-15-39)40-30-26-37(27-31-40)38-28-32-41(33-29-38)63-53-24-13-21-48-44-17-7-6-16-43(44)47-20-12-22-50-55(47)58(56(48)53)59(63)57-49-19-9-11-25-54(49)64-60(50)57;1-2-12-36-35(11-1)39-16-9-18-42-47(39)50-48-40(36)17-10-21-45(48)54(51(50)49-41-15-5-8-22-46(41)55-52(42)49)34-29-25-32(26-30-34)31-23-27-33(28-24-31)53-43-19-6-3-13-37(43)38-14-4-7-20-44(38)53/h3-36H,1-2H3;1-30H. The highest BCUT2D eigenvalue weighted by atomic mass is 16.3. The van der Waals surface area contributed by atoms with E-state index in [9.17, 15) is 0 Å². The Bertz CT molecular complexity index is 8430. The van der Waals surface area contributed by atoms with Crippen molar-refractivity contribution in [3.8, 4) is 95.0 Å². The smallest absolute Gasteiger partial charge is 0.145 e. The Morgan fingerprint density at radius 1 is 0.218 bits per heavy atom. The van der Waals surface area contributed by atoms with Crippen LogP contribution in [0.15, 0.2) is 397 Å². The summed E-state index contributed by atoms with van der Waals surface area (Å²) in [6, 6.07) is 142. The Morgan fingerprint density at radius 2 is 0.555 bits per heavy atom. The molecule has 119 heavy (non-hydrogen) atoms. The lowest BCUT2D eigenvalue weighted by Crippen LogP contribution is -2.16. The minimum absolute atomic E-state index is 0.0855. The molecule has 6 nitrogen and oxygen atoms in total. The number of hydrogen-bond acceptors (Lipinski definition) is 3. The van der Waals surface area contributed by atoms with Gasteiger partial charge in [-0.25, -0.2) is 0 Å². The zero-order valence-electron chi connectivity index (χ0n) is 65.1. The number of nitrogens with zero attached hydrogens (tertiary/aromatic N) is 4. The summed E-state index contributed by atoms with van der Waals surface area (Å²) in [7, 11) is 0. The normalized spacial score (nSPS) is 12.9. The first-order valence-corrected chi connectivity index (χ1v) is 41.2. The molecule has 5 aromatic heterocycles. The van der Waals surface area contributed by atoms with Crippen LogP contribution < -0.4 is 4.90 Å². The molecule has 5 heterocycles. The van der Waals surface area contributed by atoms with E-state index in [1.165, 1.54) is 165 Å². The molecule has 0 bridgehead atoms. The highest BCUT2D eigenvalue weighted by Crippen LogP contribution is 2.58. The van der Waals surface area contributed by atoms with Crippen LogP contribution in [0.2, 0.25) is 0 Å². The first kappa shape index (κ1) is 65.9. The number of benzene rings is 19. The molecule has 554 valence electrons. The van der Waals surface area contributed by atoms with Crippen molar-refractivity contribution in [2.75, 3.05) is 4.90 Å². The second-order valence-electron chi connectivity index (χ2n) is 32.8. The number of fused-ring (bicyclic) bond motifs is 22. The molecule has 0 spiro atoms. The average Bonchev–Trinajstić information content (AvgIpc) is 1.52. The summed E-state index contributed by atoms with van der Waals surface area (Å²) in [5.41, 5.74) is 37.8. The zero-order valence-corrected chi connectivity index (χ0v) is 65.1. The maximum atomic E-state index is 6.85. The molecule has 3 aliphatic carbocycles. The van der Waals surface area contributed by atoms with Crippen LogP contribution in [0.1, 0.15) is 25.0 Å². The van der Waals surface area contributed by atoms with Crippen LogP contribution in [0.3, 0.4) is 0 Å². The van der Waals surface area contributed by atoms with E-state index in [1.54, 1.807) is 0 Å². The minimum Gasteiger partial charge on any atom is -0.455 e. The second-order valence-corrected chi connectivity index (χ2v) is 32.8. The van der Waals surface area contributed by atoms with Gasteiger partial charge in [0.15, 0.2) is 0 Å². The Kier molecular flexibility index (Phi) is 13.7. The lowest BCUT2D eigenvalue weighted by Gasteiger charge is -2.28. The molecule has 0 aliphatic heterocycles. The predicted octanol–water partition coefficient (Wildman–Crippen LogP) is 31.2. The Balaban J connectivity index is 0.000000130. The van der Waals surface area contributed by atoms with E-state index in [1.807, 2.05) is 0 Å². The molecule has 19 aromatic carbocycles. The first-order valence-electron chi connectivity index (χ1n) is 41.2. The predicted molar refractivity (Wildman–Crippen MR) is 497 cm³/mol. The molecule has 0 amide bonds. The van der Waals surface area contributed by atoms with E-state index < -0.39 is 0 Å². The number of furan rings is 2. The quantitative estimate of drug-likeness (QED) is 0.152. The number of para-hydroxylation sites is 5. The van der Waals surface area contributed by atoms with E-state index in [-0.39, 0.29) is 5.41 Å². The molecule has 0 atom stereocenters. The van der Waals surface area contributed by atoms with Crippen LogP contribution in [-0.2, 0) is 5.41 Å². The molecular formula is C113H70N4O2. The number of aromatic nitrogens is 3. The molecule has 3 aliphatic rings. The topological polar surface area (TPSA) is 44.3 Å². The minimum atomic E-state index is -0.0855. The van der Waals surface area contributed by atoms with Gasteiger partial charge >= 0.3 is 0 Å². The maximum Gasteiger partial charge on any atom is 0.145 e. The van der Waals surface area contributed by atoms with Crippen molar-refractivity contribution in [3.63, 3.8) is 0 Å². The highest BCUT2D eigenvalue weighted by molar-refractivity contribution is 6.42. The number of hydrogen-bond donors (Lipinski definition) is 0. The third kappa shape index (κ3) is 9.25. The van der Waals surface area contributed by atoms with E-state index in [4.69, 9.17) is 8.83 Å². The Labute approximate surface area is 684 Å². The molecule has 0 saturated carbocycles. The van der Waals surface area contributed by atoms with Gasteiger partial charge in [-0.1, -0.05) is 293 Å². The average molecular weight is 1520 g/mol. The molecule has 27 rings (SSSR count). The van der Waals surface area contributed by atoms with Gasteiger partial charge in [0.25, 0.3) is 0 Å². The first-order chi connectivity index (χ1) is 58.8. The van der Waals surface area contributed by atoms with Crippen molar-refractivity contribution in [2.45, 2.75) is 19.3 Å². The highest BCUT2D eigenvalue weighted by Gasteiger charge is 2.37. The van der Waals surface area contributed by atoms with Crippen molar-refractivity contribution < 1.29 is 8.83 Å². The third-order valence-corrected chi connectivity index (χ3v) is 26.4. The summed E-state index contributed by atoms with van der Waals surface area (Å²) in [6.07, 6.45) is 0. The molecule has 0 radical (unpaired) electrons. The Hall–Kier alpha value is -15.5. The molecule has 24 aromatic rings. The molecular weight excluding hydrogens is 1450 g/mol. The lowest BCUT2D eigenvalue weighted by atomic mass is 9.82. The fraction of sp³-hybridized carbons (Fsp3) is 0.0265. The van der Waals surface area contributed by atoms with Crippen molar-refractivity contribution in [2.24, 2.45) is 0 Å². The van der Waals surface area contributed by atoms with Crippen LogP contribution in [-0.4, -0.2) is 13.7 Å². The zero-order chi connectivity index (χ0) is 78.0. The molecule has 0 unspecified atom stereocenters. The second kappa shape index (κ2) is 24.8. The summed E-state index contributed by atoms with van der Waals surface area (Å²) in [5, 5.41) is 17.1. The third-order valence-electron chi connectivity index (χ3n) is 26.4. The van der Waals surface area contributed by atoms with Crippen LogP contribution in [0, 0.1) is 0 Å². The lowest BCUT2D eigenvalue weighted by molar-refractivity contribution is 0.660. The van der Waals surface area contributed by atoms with Gasteiger partial charge in [-0.2, -0.15) is 0 Å². The van der Waals surface area contributed by atoms with Crippen molar-refractivity contribution in [1.82, 2.24) is 13.7 Å². The van der Waals surface area contributed by atoms with E-state index in [2.05, 4.69) is 421 Å². The monoisotopic (exact) mass is 1510 g/mol. The van der Waals surface area contributed by atoms with Gasteiger partial charge in [-0.05, 0) is 198 Å². The fourth-order valence-corrected chi connectivity index (χ4v) is 21.2. The summed E-state index contributed by atoms with van der Waals surface area (Å²) in [6.45, 7) is 4.70. The molecule has 0 N–H and O–H groups in total. The summed E-state index contributed by atoms with van der Waals surface area (Å²) in [4.78, 5) is 2.38. The van der Waals surface area contributed by atoms with Crippen molar-refractivity contribution in [3.05, 3.63) is 399 Å². The Morgan fingerprint density at radius 3 is 1.03 bits per heavy atom. The van der Waals surface area contributed by atoms with Gasteiger partial charge in [-0.3, -0.25) is 0 Å². The van der Waals surface area contributed by atoms with Crippen LogP contribution in [0.25, 0.3) is 226 Å². The largest absolute Gasteiger partial charge is 0.455 e. The fourth-order valence-electron chi connectivity index (χ4n) is 21.2. The van der Waals surface area contributed by atoms with Gasteiger partial charge in [0, 0.05) is 104 Å². The molecule has 0 fully saturated rings. The van der Waals surface area contributed by atoms with Crippen molar-refractivity contribution >= 4 is 148 Å². The molecule has 0 saturated heterocycles. The maximum absolute atomic E-state index is 6.85. The van der Waals surface area contributed by atoms with Gasteiger partial charge in [0.1, 0.15) is 22.3 Å². The number of anilines is 3. The van der Waals surface area contributed by atoms with Crippen molar-refractivity contribution in [1.29, 1.82) is 0 Å². The van der Waals surface area contributed by atoms with Gasteiger partial charge < -0.3 is 27.4 Å². The SMILES string of the molecule is CC1(C)c2ccccc2-c2ccc(N(c3ccccc3)c3ccc(-c4ccc(-n5c6cccc7c6c6c8c(cccc8c8oc9ccccc9c8c65)-c5ccccc5-7)cc4)cc3)cc21.c1ccc2c(c1)-c1cccc3c4oc5ccccc5c4c4c(c13)c1c-2cccc1n4-c1ccc(-c2ccc(-n3c4ccccc4c4ccccc43)cc2)cc1. The van der Waals surface area contributed by atoms with E-state index in [0.717, 1.165) is 88.8 Å². The summed E-state index contributed by atoms with van der Waals surface area (Å²) >= 11 is 0. The summed E-state index contributed by atoms with van der Waals surface area (Å²) < 4.78 is 21.0. The van der Waals surface area contributed by atoms with Crippen LogP contribution in [0.5, 0.6) is 0 Å². The van der Waals surface area contributed by atoms with E-state index in [0.29, 0.717) is 0 Å². The summed E-state index contributed by atoms with van der Waals surface area (Å²) in [5.74, 6) is 0. The van der Waals surface area contributed by atoms with Crippen LogP contribution in [0.4, 0.5) is 17.1 Å². The number of rotatable bonds is 8. The van der Waals surface area contributed by atoms with Gasteiger partial charge in [-0.15, -0.1) is 0 Å². The van der Waals surface area contributed by atoms with Gasteiger partial charge in [0.2, 0.25) is 0 Å².